The van der Waals surface area contributed by atoms with Crippen molar-refractivity contribution in [2.45, 2.75) is 25.2 Å². The first-order chi connectivity index (χ1) is 17.4. The Morgan fingerprint density at radius 2 is 1.75 bits per heavy atom. The highest BCUT2D eigenvalue weighted by Crippen LogP contribution is 2.34. The number of hydrogen-bond acceptors (Lipinski definition) is 5. The van der Waals surface area contributed by atoms with Crippen molar-refractivity contribution in [1.29, 1.82) is 0 Å². The minimum absolute atomic E-state index is 0.0321. The molecule has 0 saturated heterocycles. The predicted molar refractivity (Wildman–Crippen MR) is 145 cm³/mol. The Kier molecular flexibility index (Phi) is 8.59. The van der Waals surface area contributed by atoms with Gasteiger partial charge in [0.25, 0.3) is 0 Å². The highest BCUT2D eigenvalue weighted by molar-refractivity contribution is 8.04. The van der Waals surface area contributed by atoms with E-state index >= 15 is 0 Å². The Bertz CT molecular complexity index is 1420. The van der Waals surface area contributed by atoms with Crippen molar-refractivity contribution in [3.63, 3.8) is 0 Å². The minimum Gasteiger partial charge on any atom is -0.488 e. The second-order valence-corrected chi connectivity index (χ2v) is 9.82. The zero-order chi connectivity index (χ0) is 25.7. The number of ether oxygens (including phenoxy) is 1. The lowest BCUT2D eigenvalue weighted by atomic mass is 10.2. The first-order valence-electron chi connectivity index (χ1n) is 10.8. The Labute approximate surface area is 227 Å². The van der Waals surface area contributed by atoms with Crippen LogP contribution in [0.3, 0.4) is 0 Å². The van der Waals surface area contributed by atoms with Crippen LogP contribution < -0.4 is 4.74 Å². The number of carboxylic acid groups (broad SMARTS) is 1. The van der Waals surface area contributed by atoms with Gasteiger partial charge < -0.3 is 14.4 Å². The molecule has 0 unspecified atom stereocenters. The van der Waals surface area contributed by atoms with Gasteiger partial charge in [-0.1, -0.05) is 53.0 Å². The van der Waals surface area contributed by atoms with Crippen LogP contribution in [0.15, 0.2) is 76.8 Å². The van der Waals surface area contributed by atoms with Crippen molar-refractivity contribution >= 4 is 58.6 Å². The van der Waals surface area contributed by atoms with E-state index in [1.165, 1.54) is 6.08 Å². The van der Waals surface area contributed by atoms with Gasteiger partial charge in [-0.05, 0) is 73.3 Å². The quantitative estimate of drug-likeness (QED) is 0.167. The second kappa shape index (κ2) is 11.8. The van der Waals surface area contributed by atoms with E-state index in [1.54, 1.807) is 36.4 Å². The maximum atomic E-state index is 12.2. The predicted octanol–water partition coefficient (Wildman–Crippen LogP) is 7.72. The third-order valence-electron chi connectivity index (χ3n) is 5.15. The molecule has 36 heavy (non-hydrogen) atoms. The third-order valence-corrected chi connectivity index (χ3v) is 7.00. The molecule has 0 aliphatic heterocycles. The fourth-order valence-electron chi connectivity index (χ4n) is 3.37. The standard InChI is InChI=1S/C26H20Cl3N3O3S/c1-2-32-24(16-7-9-19(27)10-8-16)30-31-26(32)36-23(25(33)34)14-18-13-20(28)11-12-22(18)35-15-17-5-3-4-6-21(17)29/h3-14H,2,15H2,1H3,(H,33,34)/b23-14-. The molecular formula is C26H20Cl3N3O3S. The molecule has 4 aromatic rings. The van der Waals surface area contributed by atoms with Gasteiger partial charge in [0.1, 0.15) is 17.3 Å². The molecule has 0 bridgehead atoms. The van der Waals surface area contributed by atoms with Gasteiger partial charge in [-0.15, -0.1) is 10.2 Å². The van der Waals surface area contributed by atoms with Crippen molar-refractivity contribution in [3.8, 4) is 17.1 Å². The van der Waals surface area contributed by atoms with Crippen LogP contribution in [0.2, 0.25) is 15.1 Å². The summed E-state index contributed by atoms with van der Waals surface area (Å²) >= 11 is 19.5. The normalized spacial score (nSPS) is 11.5. The van der Waals surface area contributed by atoms with Crippen LogP contribution >= 0.6 is 46.6 Å². The van der Waals surface area contributed by atoms with Crippen LogP contribution in [0.4, 0.5) is 0 Å². The Hall–Kier alpha value is -2.97. The molecule has 1 heterocycles. The molecule has 0 saturated carbocycles. The number of rotatable bonds is 9. The molecule has 0 amide bonds. The minimum atomic E-state index is -1.12. The van der Waals surface area contributed by atoms with Gasteiger partial charge in [0.05, 0.1) is 0 Å². The van der Waals surface area contributed by atoms with Gasteiger partial charge in [-0.25, -0.2) is 4.79 Å². The topological polar surface area (TPSA) is 77.2 Å². The van der Waals surface area contributed by atoms with E-state index in [0.717, 1.165) is 22.9 Å². The third kappa shape index (κ3) is 6.23. The Balaban J connectivity index is 1.64. The monoisotopic (exact) mass is 559 g/mol. The summed E-state index contributed by atoms with van der Waals surface area (Å²) in [7, 11) is 0. The van der Waals surface area contributed by atoms with Crippen molar-refractivity contribution < 1.29 is 14.6 Å². The van der Waals surface area contributed by atoms with E-state index in [1.807, 2.05) is 41.8 Å². The van der Waals surface area contributed by atoms with Crippen molar-refractivity contribution in [2.75, 3.05) is 0 Å². The van der Waals surface area contributed by atoms with Crippen molar-refractivity contribution in [1.82, 2.24) is 14.8 Å². The average molecular weight is 561 g/mol. The summed E-state index contributed by atoms with van der Waals surface area (Å²) in [5, 5.41) is 20.6. The van der Waals surface area contributed by atoms with Crippen LogP contribution in [0.25, 0.3) is 17.5 Å². The van der Waals surface area contributed by atoms with Gasteiger partial charge in [0.15, 0.2) is 11.0 Å². The first-order valence-corrected chi connectivity index (χ1v) is 12.8. The lowest BCUT2D eigenvalue weighted by Gasteiger charge is -2.12. The molecule has 0 spiro atoms. The molecule has 1 aromatic heterocycles. The van der Waals surface area contributed by atoms with E-state index in [9.17, 15) is 9.90 Å². The largest absolute Gasteiger partial charge is 0.488 e. The molecule has 0 radical (unpaired) electrons. The lowest BCUT2D eigenvalue weighted by molar-refractivity contribution is -0.131. The van der Waals surface area contributed by atoms with E-state index < -0.39 is 5.97 Å². The number of thioether (sulfide) groups is 1. The summed E-state index contributed by atoms with van der Waals surface area (Å²) in [6.07, 6.45) is 1.51. The summed E-state index contributed by atoms with van der Waals surface area (Å²) < 4.78 is 7.82. The van der Waals surface area contributed by atoms with E-state index in [4.69, 9.17) is 39.5 Å². The zero-order valence-electron chi connectivity index (χ0n) is 19.0. The summed E-state index contributed by atoms with van der Waals surface area (Å²) in [4.78, 5) is 12.2. The van der Waals surface area contributed by atoms with Crippen LogP contribution in [-0.4, -0.2) is 25.8 Å². The maximum Gasteiger partial charge on any atom is 0.342 e. The Morgan fingerprint density at radius 3 is 2.44 bits per heavy atom. The number of halogens is 3. The molecule has 4 rings (SSSR count). The van der Waals surface area contributed by atoms with Crippen molar-refractivity contribution in [2.24, 2.45) is 0 Å². The molecule has 1 N–H and O–H groups in total. The number of nitrogens with zero attached hydrogens (tertiary/aromatic N) is 3. The molecule has 3 aromatic carbocycles. The molecule has 6 nitrogen and oxygen atoms in total. The van der Waals surface area contributed by atoms with Gasteiger partial charge in [0.2, 0.25) is 0 Å². The maximum absolute atomic E-state index is 12.2. The molecular weight excluding hydrogens is 541 g/mol. The van der Waals surface area contributed by atoms with Gasteiger partial charge in [0, 0.05) is 38.3 Å². The fraction of sp³-hybridized carbons (Fsp3) is 0.115. The van der Waals surface area contributed by atoms with Gasteiger partial charge in [-0.3, -0.25) is 0 Å². The highest BCUT2D eigenvalue weighted by atomic mass is 35.5. The molecule has 10 heteroatoms. The van der Waals surface area contributed by atoms with E-state index in [-0.39, 0.29) is 11.5 Å². The van der Waals surface area contributed by atoms with Gasteiger partial charge >= 0.3 is 5.97 Å². The molecule has 0 aliphatic rings. The molecule has 184 valence electrons. The van der Waals surface area contributed by atoms with Crippen LogP contribution in [-0.2, 0) is 17.9 Å². The van der Waals surface area contributed by atoms with Crippen LogP contribution in [0.5, 0.6) is 5.75 Å². The van der Waals surface area contributed by atoms with Gasteiger partial charge in [-0.2, -0.15) is 0 Å². The molecule has 0 aliphatic carbocycles. The summed E-state index contributed by atoms with van der Waals surface area (Å²) in [5.74, 6) is -0.0267. The number of carboxylic acids is 1. The number of aliphatic carboxylic acids is 1. The highest BCUT2D eigenvalue weighted by Gasteiger charge is 2.19. The molecule has 0 atom stereocenters. The van der Waals surface area contributed by atoms with Crippen LogP contribution in [0.1, 0.15) is 18.1 Å². The van der Waals surface area contributed by atoms with Crippen LogP contribution in [0, 0.1) is 0 Å². The summed E-state index contributed by atoms with van der Waals surface area (Å²) in [5.41, 5.74) is 2.15. The van der Waals surface area contributed by atoms with E-state index in [0.29, 0.717) is 43.9 Å². The zero-order valence-corrected chi connectivity index (χ0v) is 22.1. The number of carbonyl (C=O) groups is 1. The van der Waals surface area contributed by atoms with Crippen molar-refractivity contribution in [3.05, 3.63) is 97.8 Å². The number of benzene rings is 3. The number of aromatic nitrogens is 3. The lowest BCUT2D eigenvalue weighted by Crippen LogP contribution is -2.03. The average Bonchev–Trinajstić information content (AvgIpc) is 3.27. The fourth-order valence-corrected chi connectivity index (χ4v) is 4.74. The Morgan fingerprint density at radius 1 is 1.03 bits per heavy atom. The molecule has 0 fully saturated rings. The number of hydrogen-bond donors (Lipinski definition) is 1. The summed E-state index contributed by atoms with van der Waals surface area (Å²) in [6, 6.07) is 19.6. The summed E-state index contributed by atoms with van der Waals surface area (Å²) in [6.45, 7) is 2.70. The SMILES string of the molecule is CCn1c(S/C(=C\c2cc(Cl)ccc2OCc2ccccc2Cl)C(=O)O)nnc1-c1ccc(Cl)cc1. The second-order valence-electron chi connectivity index (χ2n) is 7.54. The van der Waals surface area contributed by atoms with E-state index in [2.05, 4.69) is 10.2 Å². The smallest absolute Gasteiger partial charge is 0.342 e. The first kappa shape index (κ1) is 26.1.